The second-order valence-electron chi connectivity index (χ2n) is 3.78. The number of rotatable bonds is 0. The molecule has 0 aliphatic heterocycles. The van der Waals surface area contributed by atoms with Gasteiger partial charge < -0.3 is 5.11 Å². The molecule has 0 amide bonds. The van der Waals surface area contributed by atoms with Gasteiger partial charge in [-0.1, -0.05) is 17.7 Å². The van der Waals surface area contributed by atoms with Crippen LogP contribution in [0.15, 0.2) is 42.5 Å². The first-order valence-corrected chi connectivity index (χ1v) is 5.53. The van der Waals surface area contributed by atoms with Crippen LogP contribution in [0, 0.1) is 19.7 Å². The number of phenolic OH excluding ortho intramolecular Hbond substituents is 1. The second-order valence-corrected chi connectivity index (χ2v) is 4.22. The lowest BCUT2D eigenvalue weighted by Gasteiger charge is -1.95. The van der Waals surface area contributed by atoms with Crippen molar-refractivity contribution in [2.24, 2.45) is 0 Å². The number of benzene rings is 2. The van der Waals surface area contributed by atoms with Gasteiger partial charge in [0.1, 0.15) is 11.6 Å². The zero-order valence-corrected chi connectivity index (χ0v) is 10.5. The normalized spacial score (nSPS) is 9.41. The molecule has 0 saturated heterocycles. The van der Waals surface area contributed by atoms with Crippen LogP contribution < -0.4 is 0 Å². The first kappa shape index (κ1) is 13.5. The Labute approximate surface area is 105 Å². The molecule has 3 heteroatoms. The van der Waals surface area contributed by atoms with E-state index in [1.807, 2.05) is 19.9 Å². The van der Waals surface area contributed by atoms with Crippen LogP contribution in [0.2, 0.25) is 5.02 Å². The van der Waals surface area contributed by atoms with Gasteiger partial charge in [0.05, 0.1) is 0 Å². The summed E-state index contributed by atoms with van der Waals surface area (Å²) < 4.78 is 12.0. The molecule has 2 aromatic carbocycles. The minimum Gasteiger partial charge on any atom is -0.508 e. The fourth-order valence-electron chi connectivity index (χ4n) is 1.38. The van der Waals surface area contributed by atoms with Crippen LogP contribution in [0.1, 0.15) is 11.1 Å². The molecule has 0 aromatic heterocycles. The molecule has 90 valence electrons. The van der Waals surface area contributed by atoms with E-state index in [0.29, 0.717) is 10.8 Å². The van der Waals surface area contributed by atoms with Gasteiger partial charge in [0.15, 0.2) is 0 Å². The minimum atomic E-state index is -0.255. The molecule has 0 aliphatic carbocycles. The van der Waals surface area contributed by atoms with Crippen molar-refractivity contribution in [3.8, 4) is 5.75 Å². The van der Waals surface area contributed by atoms with Gasteiger partial charge in [-0.05, 0) is 61.4 Å². The fourth-order valence-corrected chi connectivity index (χ4v) is 1.51. The largest absolute Gasteiger partial charge is 0.508 e. The third-order valence-corrected chi connectivity index (χ3v) is 2.26. The summed E-state index contributed by atoms with van der Waals surface area (Å²) in [5, 5.41) is 9.56. The molecular weight excluding hydrogens is 239 g/mol. The molecule has 0 radical (unpaired) electrons. The molecule has 0 saturated carbocycles. The first-order chi connectivity index (χ1) is 7.97. The number of hydrogen-bond donors (Lipinski definition) is 1. The monoisotopic (exact) mass is 252 g/mol. The molecule has 0 atom stereocenters. The molecule has 0 unspecified atom stereocenters. The number of phenols is 1. The number of aromatic hydroxyl groups is 1. The zero-order valence-electron chi connectivity index (χ0n) is 9.74. The zero-order chi connectivity index (χ0) is 12.8. The van der Waals surface area contributed by atoms with Crippen LogP contribution in [0.25, 0.3) is 0 Å². The molecule has 0 spiro atoms. The summed E-state index contributed by atoms with van der Waals surface area (Å²) in [6.07, 6.45) is 0. The predicted octanol–water partition coefficient (Wildman–Crippen LogP) is 4.49. The summed E-state index contributed by atoms with van der Waals surface area (Å²) in [4.78, 5) is 0. The number of aryl methyl sites for hydroxylation is 2. The summed E-state index contributed by atoms with van der Waals surface area (Å²) in [6, 6.07) is 11.2. The van der Waals surface area contributed by atoms with Crippen LogP contribution in [-0.4, -0.2) is 5.11 Å². The molecule has 1 nitrogen and oxygen atoms in total. The Balaban J connectivity index is 0.000000171. The maximum atomic E-state index is 12.0. The Bertz CT molecular complexity index is 409. The topological polar surface area (TPSA) is 20.2 Å². The van der Waals surface area contributed by atoms with Gasteiger partial charge in [-0.15, -0.1) is 0 Å². The van der Waals surface area contributed by atoms with Crippen molar-refractivity contribution in [2.75, 3.05) is 0 Å². The van der Waals surface area contributed by atoms with Crippen molar-refractivity contribution in [1.29, 1.82) is 0 Å². The van der Waals surface area contributed by atoms with E-state index >= 15 is 0 Å². The van der Waals surface area contributed by atoms with Crippen molar-refractivity contribution in [3.63, 3.8) is 0 Å². The molecule has 0 fully saturated rings. The summed E-state index contributed by atoms with van der Waals surface area (Å²) in [7, 11) is 0. The minimum absolute atomic E-state index is 0.255. The van der Waals surface area contributed by atoms with Crippen molar-refractivity contribution < 1.29 is 9.50 Å². The van der Waals surface area contributed by atoms with E-state index in [9.17, 15) is 4.39 Å². The number of hydrogen-bond acceptors (Lipinski definition) is 1. The van der Waals surface area contributed by atoms with Crippen molar-refractivity contribution >= 4 is 11.6 Å². The van der Waals surface area contributed by atoms with Gasteiger partial charge in [-0.3, -0.25) is 0 Å². The van der Waals surface area contributed by atoms with Crippen LogP contribution in [0.4, 0.5) is 4.39 Å². The Morgan fingerprint density at radius 3 is 1.76 bits per heavy atom. The van der Waals surface area contributed by atoms with E-state index in [-0.39, 0.29) is 5.82 Å². The van der Waals surface area contributed by atoms with E-state index < -0.39 is 0 Å². The smallest absolute Gasteiger partial charge is 0.123 e. The third kappa shape index (κ3) is 5.36. The fraction of sp³-hybridized carbons (Fsp3) is 0.143. The molecule has 0 bridgehead atoms. The average Bonchev–Trinajstić information content (AvgIpc) is 2.21. The van der Waals surface area contributed by atoms with Gasteiger partial charge in [0.2, 0.25) is 0 Å². The molecule has 2 rings (SSSR count). The Hall–Kier alpha value is -1.54. The molecule has 0 aliphatic rings. The Morgan fingerprint density at radius 1 is 0.941 bits per heavy atom. The standard InChI is InChI=1S/C8H10O.C6H4ClF/c1-6-3-7(2)5-8(9)4-6;7-5-1-3-6(8)4-2-5/h3-5,9H,1-2H3;1-4H. The highest BCUT2D eigenvalue weighted by molar-refractivity contribution is 6.30. The average molecular weight is 253 g/mol. The highest BCUT2D eigenvalue weighted by Crippen LogP contribution is 2.13. The van der Waals surface area contributed by atoms with E-state index in [0.717, 1.165) is 11.1 Å². The lowest BCUT2D eigenvalue weighted by atomic mass is 10.1. The van der Waals surface area contributed by atoms with E-state index in [2.05, 4.69) is 0 Å². The maximum absolute atomic E-state index is 12.0. The van der Waals surface area contributed by atoms with Crippen molar-refractivity contribution in [1.82, 2.24) is 0 Å². The third-order valence-electron chi connectivity index (χ3n) is 2.01. The summed E-state index contributed by atoms with van der Waals surface area (Å²) in [5.74, 6) is 0.0990. The summed E-state index contributed by atoms with van der Waals surface area (Å²) in [5.41, 5.74) is 2.21. The second kappa shape index (κ2) is 6.26. The molecule has 1 N–H and O–H groups in total. The Morgan fingerprint density at radius 2 is 1.41 bits per heavy atom. The highest BCUT2D eigenvalue weighted by atomic mass is 35.5. The van der Waals surface area contributed by atoms with Crippen molar-refractivity contribution in [2.45, 2.75) is 13.8 Å². The quantitative estimate of drug-likeness (QED) is 0.733. The van der Waals surface area contributed by atoms with Crippen LogP contribution in [0.5, 0.6) is 5.75 Å². The van der Waals surface area contributed by atoms with Crippen LogP contribution in [-0.2, 0) is 0 Å². The van der Waals surface area contributed by atoms with E-state index in [1.165, 1.54) is 24.3 Å². The summed E-state index contributed by atoms with van der Waals surface area (Å²) in [6.45, 7) is 3.93. The predicted molar refractivity (Wildman–Crippen MR) is 69.0 cm³/mol. The maximum Gasteiger partial charge on any atom is 0.123 e. The van der Waals surface area contributed by atoms with Gasteiger partial charge in [-0.25, -0.2) is 4.39 Å². The number of halogens is 2. The van der Waals surface area contributed by atoms with Gasteiger partial charge >= 0.3 is 0 Å². The first-order valence-electron chi connectivity index (χ1n) is 5.15. The molecule has 0 heterocycles. The molecule has 2 aromatic rings. The van der Waals surface area contributed by atoms with Crippen molar-refractivity contribution in [3.05, 3.63) is 64.4 Å². The molecular formula is C14H14ClFO. The van der Waals surface area contributed by atoms with Crippen LogP contribution >= 0.6 is 11.6 Å². The van der Waals surface area contributed by atoms with E-state index in [1.54, 1.807) is 12.1 Å². The highest BCUT2D eigenvalue weighted by Gasteiger charge is 1.89. The lowest BCUT2D eigenvalue weighted by Crippen LogP contribution is -1.74. The Kier molecular flexibility index (Phi) is 4.98. The van der Waals surface area contributed by atoms with E-state index in [4.69, 9.17) is 16.7 Å². The van der Waals surface area contributed by atoms with Gasteiger partial charge in [0.25, 0.3) is 0 Å². The van der Waals surface area contributed by atoms with Crippen LogP contribution in [0.3, 0.4) is 0 Å². The SMILES string of the molecule is Cc1cc(C)cc(O)c1.Fc1ccc(Cl)cc1. The summed E-state index contributed by atoms with van der Waals surface area (Å²) >= 11 is 5.44. The lowest BCUT2D eigenvalue weighted by molar-refractivity contribution is 0.474. The molecule has 17 heavy (non-hydrogen) atoms. The van der Waals surface area contributed by atoms with Gasteiger partial charge in [-0.2, -0.15) is 0 Å². The van der Waals surface area contributed by atoms with Gasteiger partial charge in [0, 0.05) is 5.02 Å².